The summed E-state index contributed by atoms with van der Waals surface area (Å²) in [5.74, 6) is 0.646. The molecule has 0 radical (unpaired) electrons. The van der Waals surface area contributed by atoms with Gasteiger partial charge in [-0.2, -0.15) is 0 Å². The smallest absolute Gasteiger partial charge is 0.507 e. The average molecular weight is 569 g/mol. The fraction of sp³-hybridized carbons (Fsp3) is 0. The summed E-state index contributed by atoms with van der Waals surface area (Å²) in [6.07, 6.45) is 0. The molecule has 0 unspecified atom stereocenters. The summed E-state index contributed by atoms with van der Waals surface area (Å²) in [6.45, 7) is 0. The normalized spacial score (nSPS) is 10.0. The minimum absolute atomic E-state index is 0. The Hall–Kier alpha value is -4.37. The molecule has 0 bridgehead atoms. The van der Waals surface area contributed by atoms with Crippen LogP contribution >= 0.6 is 0 Å². The van der Waals surface area contributed by atoms with Crippen LogP contribution in [0, 0.1) is 14.9 Å². The van der Waals surface area contributed by atoms with Crippen molar-refractivity contribution in [3.8, 4) is 33.8 Å². The van der Waals surface area contributed by atoms with Crippen molar-refractivity contribution in [2.24, 2.45) is 0 Å². The summed E-state index contributed by atoms with van der Waals surface area (Å²) >= 11 is 0. The predicted molar refractivity (Wildman–Crippen MR) is 172 cm³/mol. The van der Waals surface area contributed by atoms with Crippen molar-refractivity contribution in [1.82, 2.24) is 0 Å². The molecule has 41 heavy (non-hydrogen) atoms. The van der Waals surface area contributed by atoms with Gasteiger partial charge in [0, 0.05) is 11.1 Å². The van der Waals surface area contributed by atoms with E-state index in [1.165, 1.54) is 16.2 Å². The Balaban J connectivity index is 0.000000214. The van der Waals surface area contributed by atoms with E-state index in [4.69, 9.17) is 0 Å². The van der Waals surface area contributed by atoms with Gasteiger partial charge in [-0.3, -0.25) is 0 Å². The van der Waals surface area contributed by atoms with Gasteiger partial charge in [-0.25, -0.2) is 0 Å². The third kappa shape index (κ3) is 6.20. The minimum atomic E-state index is 0. The first-order chi connectivity index (χ1) is 18.7. The molecule has 3 heteroatoms. The molecule has 0 aliphatic rings. The van der Waals surface area contributed by atoms with Gasteiger partial charge in [-0.05, 0) is 55.6 Å². The van der Waals surface area contributed by atoms with Crippen LogP contribution in [0.5, 0.6) is 11.5 Å². The number of fused-ring (bicyclic) bond motifs is 4. The monoisotopic (exact) mass is 568 g/mol. The number of hydrogen-bond acceptors (Lipinski definition) is 2. The van der Waals surface area contributed by atoms with Crippen molar-refractivity contribution >= 4 is 32.3 Å². The molecular formula is C38H32O2Ti. The minimum Gasteiger partial charge on any atom is -0.507 e. The van der Waals surface area contributed by atoms with Crippen molar-refractivity contribution in [3.05, 3.63) is 160 Å². The number of rotatable bonds is 2. The Kier molecular flexibility index (Phi) is 10.5. The SMILES string of the molecule is Oc1ccc2ccccc2c1-c1ccccc1.Oc1ccccc1-c1cccc2c1ccc1ccccc12.[CH3-].[CH3-].[Ti+2]. The summed E-state index contributed by atoms with van der Waals surface area (Å²) in [4.78, 5) is 0. The average Bonchev–Trinajstić information content (AvgIpc) is 2.98. The zero-order valence-electron chi connectivity index (χ0n) is 23.3. The van der Waals surface area contributed by atoms with Crippen LogP contribution in [0.15, 0.2) is 146 Å². The molecule has 0 fully saturated rings. The Bertz CT molecular complexity index is 1890. The molecule has 0 spiro atoms. The van der Waals surface area contributed by atoms with Crippen LogP contribution in [0.3, 0.4) is 0 Å². The molecule has 0 heterocycles. The summed E-state index contributed by atoms with van der Waals surface area (Å²) in [7, 11) is 0. The van der Waals surface area contributed by atoms with Crippen molar-refractivity contribution in [2.45, 2.75) is 0 Å². The first-order valence-electron chi connectivity index (χ1n) is 12.7. The van der Waals surface area contributed by atoms with Crippen LogP contribution in [0.1, 0.15) is 0 Å². The van der Waals surface area contributed by atoms with E-state index in [2.05, 4.69) is 60.7 Å². The molecule has 0 amide bonds. The Morgan fingerprint density at radius 1 is 0.341 bits per heavy atom. The number of hydrogen-bond donors (Lipinski definition) is 2. The third-order valence-electron chi connectivity index (χ3n) is 6.95. The summed E-state index contributed by atoms with van der Waals surface area (Å²) < 4.78 is 0. The van der Waals surface area contributed by atoms with E-state index >= 15 is 0 Å². The zero-order valence-corrected chi connectivity index (χ0v) is 24.8. The number of para-hydroxylation sites is 1. The van der Waals surface area contributed by atoms with E-state index in [0.717, 1.165) is 38.4 Å². The van der Waals surface area contributed by atoms with E-state index in [9.17, 15) is 10.2 Å². The summed E-state index contributed by atoms with van der Waals surface area (Å²) in [6, 6.07) is 48.2. The second-order valence-corrected chi connectivity index (χ2v) is 9.25. The van der Waals surface area contributed by atoms with Crippen LogP contribution in [0.4, 0.5) is 0 Å². The molecule has 0 aromatic heterocycles. The van der Waals surface area contributed by atoms with Crippen molar-refractivity contribution in [1.29, 1.82) is 0 Å². The van der Waals surface area contributed by atoms with Gasteiger partial charge in [-0.15, -0.1) is 0 Å². The molecule has 2 N–H and O–H groups in total. The fourth-order valence-electron chi connectivity index (χ4n) is 5.14. The molecule has 0 aliphatic carbocycles. The second kappa shape index (κ2) is 13.8. The summed E-state index contributed by atoms with van der Waals surface area (Å²) in [5, 5.41) is 27.3. The topological polar surface area (TPSA) is 40.5 Å². The number of phenolic OH excluding ortho intramolecular Hbond substituents is 2. The Morgan fingerprint density at radius 3 is 1.61 bits per heavy atom. The van der Waals surface area contributed by atoms with E-state index < -0.39 is 0 Å². The van der Waals surface area contributed by atoms with E-state index in [-0.39, 0.29) is 36.6 Å². The van der Waals surface area contributed by atoms with E-state index in [0.29, 0.717) is 11.5 Å². The first kappa shape index (κ1) is 31.2. The van der Waals surface area contributed by atoms with Gasteiger partial charge in [0.2, 0.25) is 0 Å². The predicted octanol–water partition coefficient (Wildman–Crippen LogP) is 10.5. The van der Waals surface area contributed by atoms with Gasteiger partial charge in [0.15, 0.2) is 0 Å². The Labute approximate surface area is 257 Å². The number of aromatic hydroxyl groups is 2. The van der Waals surface area contributed by atoms with Crippen LogP contribution in [-0.2, 0) is 21.7 Å². The van der Waals surface area contributed by atoms with Gasteiger partial charge < -0.3 is 25.1 Å². The molecule has 0 saturated carbocycles. The quantitative estimate of drug-likeness (QED) is 0.124. The van der Waals surface area contributed by atoms with Gasteiger partial charge >= 0.3 is 21.7 Å². The van der Waals surface area contributed by atoms with Crippen LogP contribution in [-0.4, -0.2) is 10.2 Å². The van der Waals surface area contributed by atoms with E-state index in [1.54, 1.807) is 12.1 Å². The van der Waals surface area contributed by atoms with Crippen LogP contribution in [0.2, 0.25) is 0 Å². The molecule has 0 aliphatic heterocycles. The van der Waals surface area contributed by atoms with Crippen molar-refractivity contribution < 1.29 is 31.9 Å². The maximum atomic E-state index is 10.1. The molecule has 2 nitrogen and oxygen atoms in total. The summed E-state index contributed by atoms with van der Waals surface area (Å²) in [5.41, 5.74) is 3.89. The molecular weight excluding hydrogens is 536 g/mol. The second-order valence-electron chi connectivity index (χ2n) is 9.25. The molecule has 7 rings (SSSR count). The maximum absolute atomic E-state index is 10.1. The molecule has 200 valence electrons. The van der Waals surface area contributed by atoms with Gasteiger partial charge in [-0.1, -0.05) is 133 Å². The van der Waals surface area contributed by atoms with Gasteiger partial charge in [0.05, 0.1) is 0 Å². The number of phenols is 2. The van der Waals surface area contributed by atoms with E-state index in [1.807, 2.05) is 72.8 Å². The van der Waals surface area contributed by atoms with Crippen LogP contribution < -0.4 is 0 Å². The standard InChI is InChI=1S/C20H14O.C16H12O.2CH3.Ti/c21-20-11-4-3-8-19(20)17-10-5-9-16-15-7-2-1-6-14(15)12-13-18(16)17;17-15-11-10-12-6-4-5-9-14(12)16(15)13-7-2-1-3-8-13;;;/h1-13,21H;1-11,17H;2*1H3;/q;;2*-1;+2. The van der Waals surface area contributed by atoms with Gasteiger partial charge in [0.25, 0.3) is 0 Å². The third-order valence-corrected chi connectivity index (χ3v) is 6.95. The van der Waals surface area contributed by atoms with Crippen molar-refractivity contribution in [3.63, 3.8) is 0 Å². The van der Waals surface area contributed by atoms with Crippen molar-refractivity contribution in [2.75, 3.05) is 0 Å². The molecule has 0 saturated heterocycles. The largest absolute Gasteiger partial charge is 2.00 e. The molecule has 7 aromatic rings. The van der Waals surface area contributed by atoms with Gasteiger partial charge in [0.1, 0.15) is 11.5 Å². The first-order valence-corrected chi connectivity index (χ1v) is 12.7. The maximum Gasteiger partial charge on any atom is 2.00 e. The zero-order chi connectivity index (χ0) is 25.9. The fourth-order valence-corrected chi connectivity index (χ4v) is 5.14. The number of benzene rings is 7. The molecule has 7 aromatic carbocycles. The van der Waals surface area contributed by atoms with Crippen LogP contribution in [0.25, 0.3) is 54.6 Å². The molecule has 0 atom stereocenters. The Morgan fingerprint density at radius 2 is 0.878 bits per heavy atom.